The minimum Gasteiger partial charge on any atom is -0.756 e. The molecular formula is C14H30NO8PS2. The van der Waals surface area contributed by atoms with Gasteiger partial charge in [-0.1, -0.05) is 6.92 Å². The van der Waals surface area contributed by atoms with Gasteiger partial charge in [-0.05, 0) is 0 Å². The fraction of sp³-hybridized carbons (Fsp3) is 0.929. The lowest BCUT2D eigenvalue weighted by atomic mass is 10.2. The number of hydrogen-bond acceptors (Lipinski definition) is 10. The predicted molar refractivity (Wildman–Crippen MR) is 101 cm³/mol. The number of thioether (sulfide) groups is 1. The van der Waals surface area contributed by atoms with Crippen molar-refractivity contribution in [2.45, 2.75) is 19.1 Å². The van der Waals surface area contributed by atoms with Crippen LogP contribution in [0, 0.1) is 5.92 Å². The fourth-order valence-electron chi connectivity index (χ4n) is 1.38. The Balaban J connectivity index is 3.95. The summed E-state index contributed by atoms with van der Waals surface area (Å²) in [4.78, 5) is 23.3. The molecule has 0 saturated heterocycles. The van der Waals surface area contributed by atoms with Gasteiger partial charge >= 0.3 is 5.97 Å². The maximum Gasteiger partial charge on any atom is 0.309 e. The first-order valence-corrected chi connectivity index (χ1v) is 11.2. The van der Waals surface area contributed by atoms with Crippen molar-refractivity contribution in [2.75, 3.05) is 58.3 Å². The lowest BCUT2D eigenvalue weighted by Crippen LogP contribution is -2.37. The predicted octanol–water partition coefficient (Wildman–Crippen LogP) is -0.284. The van der Waals surface area contributed by atoms with Gasteiger partial charge in [-0.15, -0.1) is 0 Å². The van der Waals surface area contributed by atoms with Gasteiger partial charge in [-0.25, -0.2) is 0 Å². The Bertz CT molecular complexity index is 463. The summed E-state index contributed by atoms with van der Waals surface area (Å²) in [5.74, 6) is -0.137. The fourth-order valence-corrected chi connectivity index (χ4v) is 3.57. The molecule has 0 spiro atoms. The highest BCUT2D eigenvalue weighted by molar-refractivity contribution is 7.99. The number of aliphatic hydroxyl groups excluding tert-OH is 2. The average Bonchev–Trinajstić information content (AvgIpc) is 2.55. The molecule has 12 heteroatoms. The van der Waals surface area contributed by atoms with Gasteiger partial charge in [-0.2, -0.15) is 24.4 Å². The van der Waals surface area contributed by atoms with Crippen LogP contribution in [0.5, 0.6) is 0 Å². The highest BCUT2D eigenvalue weighted by atomic mass is 32.2. The number of quaternary nitrogens is 1. The van der Waals surface area contributed by atoms with E-state index in [-0.39, 0.29) is 31.5 Å². The smallest absolute Gasteiger partial charge is 0.309 e. The van der Waals surface area contributed by atoms with Crippen LogP contribution in [0.15, 0.2) is 0 Å². The molecule has 0 fully saturated rings. The number of nitrogens with zero attached hydrogens (tertiary/aromatic N) is 1. The molecule has 0 aliphatic heterocycles. The van der Waals surface area contributed by atoms with E-state index in [1.54, 1.807) is 28.1 Å². The molecule has 9 nitrogen and oxygen atoms in total. The molecule has 2 N–H and O–H groups in total. The van der Waals surface area contributed by atoms with Gasteiger partial charge in [0.1, 0.15) is 6.61 Å². The molecule has 0 bridgehead atoms. The molecule has 0 rings (SSSR count). The van der Waals surface area contributed by atoms with Crippen molar-refractivity contribution in [2.24, 2.45) is 5.92 Å². The molecule has 0 aromatic heterocycles. The van der Waals surface area contributed by atoms with E-state index in [1.165, 1.54) is 11.8 Å². The highest BCUT2D eigenvalue weighted by Gasteiger charge is 2.19. The molecule has 4 atom stereocenters. The van der Waals surface area contributed by atoms with Crippen LogP contribution in [0.25, 0.3) is 0 Å². The molecule has 0 aromatic rings. The number of carbonyl (C=O) groups excluding carboxylic acids is 1. The number of ether oxygens (including phenoxy) is 1. The first-order chi connectivity index (χ1) is 11.9. The van der Waals surface area contributed by atoms with Gasteiger partial charge in [-0.3, -0.25) is 13.9 Å². The first-order valence-electron chi connectivity index (χ1n) is 8.00. The number of aliphatic hydroxyl groups is 2. The minimum atomic E-state index is -4.43. The second kappa shape index (κ2) is 12.6. The first kappa shape index (κ1) is 26.2. The van der Waals surface area contributed by atoms with Gasteiger partial charge in [0.25, 0.3) is 7.82 Å². The number of phosphoric acid groups is 1. The molecular weight excluding hydrogens is 405 g/mol. The molecule has 4 unspecified atom stereocenters. The topological polar surface area (TPSA) is 125 Å². The molecule has 0 radical (unpaired) electrons. The summed E-state index contributed by atoms with van der Waals surface area (Å²) in [5, 5.41) is 19.0. The largest absolute Gasteiger partial charge is 0.756 e. The molecule has 0 heterocycles. The molecule has 26 heavy (non-hydrogen) atoms. The van der Waals surface area contributed by atoms with E-state index in [9.17, 15) is 24.5 Å². The second-order valence-electron chi connectivity index (χ2n) is 6.75. The normalized spacial score (nSPS) is 18.0. The third kappa shape index (κ3) is 13.3. The number of thiol groups is 1. The minimum absolute atomic E-state index is 0.0669. The number of rotatable bonds is 14. The summed E-state index contributed by atoms with van der Waals surface area (Å²) < 4.78 is 26.1. The van der Waals surface area contributed by atoms with Crippen LogP contribution in [-0.4, -0.2) is 91.2 Å². The zero-order valence-electron chi connectivity index (χ0n) is 15.6. The third-order valence-electron chi connectivity index (χ3n) is 2.87. The van der Waals surface area contributed by atoms with Gasteiger partial charge in [0.15, 0.2) is 6.73 Å². The van der Waals surface area contributed by atoms with E-state index in [0.29, 0.717) is 10.2 Å². The van der Waals surface area contributed by atoms with Gasteiger partial charge in [0.05, 0.1) is 45.9 Å². The number of hydrogen-bond donors (Lipinski definition) is 3. The van der Waals surface area contributed by atoms with E-state index in [1.807, 2.05) is 0 Å². The monoisotopic (exact) mass is 435 g/mol. The lowest BCUT2D eigenvalue weighted by Gasteiger charge is -2.28. The van der Waals surface area contributed by atoms with Crippen LogP contribution in [0.2, 0.25) is 0 Å². The van der Waals surface area contributed by atoms with Crippen molar-refractivity contribution >= 4 is 38.2 Å². The number of esters is 1. The van der Waals surface area contributed by atoms with Crippen LogP contribution < -0.4 is 4.89 Å². The van der Waals surface area contributed by atoms with E-state index in [2.05, 4.69) is 17.2 Å². The summed E-state index contributed by atoms with van der Waals surface area (Å²) in [6, 6.07) is 0. The van der Waals surface area contributed by atoms with Crippen molar-refractivity contribution in [3.8, 4) is 0 Å². The summed E-state index contributed by atoms with van der Waals surface area (Å²) in [5.41, 5.74) is 0. The maximum atomic E-state index is 11.8. The third-order valence-corrected chi connectivity index (χ3v) is 5.49. The summed E-state index contributed by atoms with van der Waals surface area (Å²) in [7, 11) is 0.857. The highest BCUT2D eigenvalue weighted by Crippen LogP contribution is 2.38. The van der Waals surface area contributed by atoms with E-state index in [0.717, 1.165) is 0 Å². The van der Waals surface area contributed by atoms with Gasteiger partial charge < -0.3 is 28.9 Å². The van der Waals surface area contributed by atoms with Crippen molar-refractivity contribution in [3.05, 3.63) is 0 Å². The molecule has 0 amide bonds. The Hall–Kier alpha value is 0.160. The molecule has 0 aromatic carbocycles. The SMILES string of the molecule is CC(CSCC(O)C(O)CS)C(=O)OCCOP(=O)([O-])OC[N+](C)(C)C. The van der Waals surface area contributed by atoms with Gasteiger partial charge in [0.2, 0.25) is 0 Å². The summed E-state index contributed by atoms with van der Waals surface area (Å²) in [6.45, 7) is 1.05. The zero-order valence-corrected chi connectivity index (χ0v) is 18.2. The second-order valence-corrected chi connectivity index (χ2v) is 9.60. The maximum absolute atomic E-state index is 11.8. The van der Waals surface area contributed by atoms with E-state index < -0.39 is 31.9 Å². The van der Waals surface area contributed by atoms with E-state index >= 15 is 0 Å². The molecule has 0 saturated carbocycles. The van der Waals surface area contributed by atoms with Gasteiger partial charge in [0, 0.05) is 17.3 Å². The van der Waals surface area contributed by atoms with Crippen LogP contribution >= 0.6 is 32.2 Å². The van der Waals surface area contributed by atoms with Crippen LogP contribution in [-0.2, 0) is 23.1 Å². The quantitative estimate of drug-likeness (QED) is 0.0843. The average molecular weight is 436 g/mol. The number of phosphoric ester groups is 1. The molecule has 0 aliphatic carbocycles. The van der Waals surface area contributed by atoms with Crippen molar-refractivity contribution in [3.63, 3.8) is 0 Å². The Morgan fingerprint density at radius 2 is 1.81 bits per heavy atom. The van der Waals surface area contributed by atoms with Crippen molar-refractivity contribution in [1.29, 1.82) is 0 Å². The van der Waals surface area contributed by atoms with Crippen molar-refractivity contribution < 1.29 is 42.7 Å². The van der Waals surface area contributed by atoms with Crippen LogP contribution in [0.4, 0.5) is 0 Å². The Morgan fingerprint density at radius 3 is 2.35 bits per heavy atom. The van der Waals surface area contributed by atoms with Crippen LogP contribution in [0.3, 0.4) is 0 Å². The standard InChI is InChI=1S/C14H30NO8PS2/c1-11(8-26-9-13(17)12(16)7-25)14(18)21-5-6-22-24(19,20)23-10-15(2,3)4/h11-13,16-17H,5-10H2,1-4H3,(H-,19,20,25). The Morgan fingerprint density at radius 1 is 1.19 bits per heavy atom. The Labute approximate surface area is 164 Å². The number of carbonyl (C=O) groups is 1. The summed E-state index contributed by atoms with van der Waals surface area (Å²) in [6.07, 6.45) is -1.82. The Kier molecular flexibility index (Phi) is 12.7. The zero-order chi connectivity index (χ0) is 20.4. The van der Waals surface area contributed by atoms with E-state index in [4.69, 9.17) is 9.26 Å². The lowest BCUT2D eigenvalue weighted by molar-refractivity contribution is -0.887. The molecule has 0 aliphatic rings. The summed E-state index contributed by atoms with van der Waals surface area (Å²) >= 11 is 5.19. The van der Waals surface area contributed by atoms with Crippen LogP contribution in [0.1, 0.15) is 6.92 Å². The molecule has 156 valence electrons. The van der Waals surface area contributed by atoms with Crippen molar-refractivity contribution in [1.82, 2.24) is 0 Å².